The Morgan fingerprint density at radius 2 is 1.92 bits per heavy atom. The van der Waals surface area contributed by atoms with Crippen molar-refractivity contribution in [1.29, 1.82) is 5.26 Å². The van der Waals surface area contributed by atoms with Crippen molar-refractivity contribution in [3.63, 3.8) is 0 Å². The molecule has 0 unspecified atom stereocenters. The Bertz CT molecular complexity index is 749. The van der Waals surface area contributed by atoms with Gasteiger partial charge in [0, 0.05) is 12.2 Å². The summed E-state index contributed by atoms with van der Waals surface area (Å²) in [5.41, 5.74) is 2.66. The van der Waals surface area contributed by atoms with E-state index in [4.69, 9.17) is 10.00 Å². The number of hydrogen-bond acceptors (Lipinski definition) is 3. The zero-order valence-electron chi connectivity index (χ0n) is 15.3. The van der Waals surface area contributed by atoms with Gasteiger partial charge in [-0.25, -0.2) is 4.79 Å². The summed E-state index contributed by atoms with van der Waals surface area (Å²) in [5.74, 6) is 1.31. The molecule has 136 valence electrons. The van der Waals surface area contributed by atoms with Crippen molar-refractivity contribution in [3.05, 3.63) is 59.7 Å². The zero-order valence-corrected chi connectivity index (χ0v) is 15.3. The molecule has 26 heavy (non-hydrogen) atoms. The van der Waals surface area contributed by atoms with Gasteiger partial charge in [0.15, 0.2) is 0 Å². The molecule has 2 N–H and O–H groups in total. The first-order chi connectivity index (χ1) is 12.6. The Kier molecular flexibility index (Phi) is 7.50. The minimum Gasteiger partial charge on any atom is -0.489 e. The third kappa shape index (κ3) is 6.86. The van der Waals surface area contributed by atoms with Crippen molar-refractivity contribution in [2.75, 3.05) is 11.9 Å². The van der Waals surface area contributed by atoms with Crippen molar-refractivity contribution in [3.8, 4) is 11.8 Å². The normalized spacial score (nSPS) is 10.2. The molecule has 0 atom stereocenters. The van der Waals surface area contributed by atoms with Crippen LogP contribution >= 0.6 is 0 Å². The molecule has 0 spiro atoms. The predicted octanol–water partition coefficient (Wildman–Crippen LogP) is 4.50. The molecule has 0 saturated heterocycles. The van der Waals surface area contributed by atoms with Crippen LogP contribution in [0.4, 0.5) is 10.5 Å². The molecular formula is C21H25N3O2. The molecule has 0 aliphatic rings. The lowest BCUT2D eigenvalue weighted by atomic mass is 10.1. The number of nitrogens with zero attached hydrogens (tertiary/aromatic N) is 1. The summed E-state index contributed by atoms with van der Waals surface area (Å²) in [6.07, 6.45) is 1.35. The van der Waals surface area contributed by atoms with Crippen LogP contribution in [0.1, 0.15) is 31.4 Å². The summed E-state index contributed by atoms with van der Waals surface area (Å²) in [7, 11) is 0. The number of hydrogen-bond donors (Lipinski definition) is 2. The van der Waals surface area contributed by atoms with Crippen LogP contribution in [0, 0.1) is 17.2 Å². The van der Waals surface area contributed by atoms with E-state index >= 15 is 0 Å². The first kappa shape index (κ1) is 19.3. The second-order valence-corrected chi connectivity index (χ2v) is 6.53. The summed E-state index contributed by atoms with van der Waals surface area (Å²) in [5, 5.41) is 14.4. The maximum atomic E-state index is 11.9. The standard InChI is InChI=1S/C21H25N3O2/c1-16(2)11-13-23-21(25)24-19-5-3-4-18(14-19)15-26-20-8-6-17(7-9-20)10-12-22/h3-9,14,16H,10-11,13,15H2,1-2H3,(H2,23,24,25). The molecule has 5 nitrogen and oxygen atoms in total. The molecular weight excluding hydrogens is 326 g/mol. The van der Waals surface area contributed by atoms with Crippen LogP contribution in [0.2, 0.25) is 0 Å². The van der Waals surface area contributed by atoms with E-state index in [0.717, 1.165) is 29.0 Å². The Labute approximate surface area is 155 Å². The number of carbonyl (C=O) groups excluding carboxylic acids is 1. The molecule has 2 rings (SSSR count). The van der Waals surface area contributed by atoms with E-state index in [0.29, 0.717) is 25.5 Å². The molecule has 0 aromatic heterocycles. The number of nitrogens with one attached hydrogen (secondary N) is 2. The number of carbonyl (C=O) groups is 1. The van der Waals surface area contributed by atoms with Crippen molar-refractivity contribution in [1.82, 2.24) is 5.32 Å². The summed E-state index contributed by atoms with van der Waals surface area (Å²) < 4.78 is 5.77. The number of nitriles is 1. The molecule has 0 radical (unpaired) electrons. The summed E-state index contributed by atoms with van der Waals surface area (Å²) in [6.45, 7) is 5.32. The number of benzene rings is 2. The van der Waals surface area contributed by atoms with Gasteiger partial charge in [-0.05, 0) is 47.7 Å². The molecule has 0 aliphatic heterocycles. The van der Waals surface area contributed by atoms with Gasteiger partial charge in [-0.1, -0.05) is 38.1 Å². The number of amides is 2. The summed E-state index contributed by atoms with van der Waals surface area (Å²) in [4.78, 5) is 11.9. The Hall–Kier alpha value is -3.00. The highest BCUT2D eigenvalue weighted by Crippen LogP contribution is 2.16. The fourth-order valence-corrected chi connectivity index (χ4v) is 2.35. The van der Waals surface area contributed by atoms with Crippen LogP contribution in [-0.2, 0) is 13.0 Å². The van der Waals surface area contributed by atoms with E-state index in [-0.39, 0.29) is 6.03 Å². The predicted molar refractivity (Wildman–Crippen MR) is 103 cm³/mol. The molecule has 2 aromatic carbocycles. The SMILES string of the molecule is CC(C)CCNC(=O)Nc1cccc(COc2ccc(CC#N)cc2)c1. The van der Waals surface area contributed by atoms with Crippen LogP contribution in [0.3, 0.4) is 0 Å². The average Bonchev–Trinajstić information content (AvgIpc) is 2.61. The highest BCUT2D eigenvalue weighted by Gasteiger charge is 2.04. The first-order valence-electron chi connectivity index (χ1n) is 8.79. The van der Waals surface area contributed by atoms with E-state index < -0.39 is 0 Å². The van der Waals surface area contributed by atoms with Crippen LogP contribution < -0.4 is 15.4 Å². The largest absolute Gasteiger partial charge is 0.489 e. The molecule has 0 fully saturated rings. The maximum Gasteiger partial charge on any atom is 0.319 e. The highest BCUT2D eigenvalue weighted by atomic mass is 16.5. The maximum absolute atomic E-state index is 11.9. The molecule has 0 bridgehead atoms. The fourth-order valence-electron chi connectivity index (χ4n) is 2.35. The lowest BCUT2D eigenvalue weighted by Gasteiger charge is -2.11. The van der Waals surface area contributed by atoms with Gasteiger partial charge in [-0.3, -0.25) is 0 Å². The third-order valence-electron chi connectivity index (χ3n) is 3.80. The number of urea groups is 1. The first-order valence-corrected chi connectivity index (χ1v) is 8.79. The van der Waals surface area contributed by atoms with Crippen LogP contribution in [-0.4, -0.2) is 12.6 Å². The molecule has 2 amide bonds. The lowest BCUT2D eigenvalue weighted by molar-refractivity contribution is 0.251. The Balaban J connectivity index is 1.84. The second-order valence-electron chi connectivity index (χ2n) is 6.53. The van der Waals surface area contributed by atoms with Crippen LogP contribution in [0.15, 0.2) is 48.5 Å². The van der Waals surface area contributed by atoms with Crippen LogP contribution in [0.5, 0.6) is 5.75 Å². The van der Waals surface area contributed by atoms with Crippen molar-refractivity contribution in [2.45, 2.75) is 33.3 Å². The minimum absolute atomic E-state index is 0.197. The van der Waals surface area contributed by atoms with E-state index in [9.17, 15) is 4.79 Å². The van der Waals surface area contributed by atoms with Gasteiger partial charge >= 0.3 is 6.03 Å². The summed E-state index contributed by atoms with van der Waals surface area (Å²) >= 11 is 0. The van der Waals surface area contributed by atoms with Gasteiger partial charge in [0.2, 0.25) is 0 Å². The average molecular weight is 351 g/mol. The monoisotopic (exact) mass is 351 g/mol. The number of ether oxygens (including phenoxy) is 1. The smallest absolute Gasteiger partial charge is 0.319 e. The zero-order chi connectivity index (χ0) is 18.8. The van der Waals surface area contributed by atoms with Crippen molar-refractivity contribution >= 4 is 11.7 Å². The number of rotatable bonds is 8. The van der Waals surface area contributed by atoms with Gasteiger partial charge in [0.05, 0.1) is 12.5 Å². The second kappa shape index (κ2) is 10.1. The van der Waals surface area contributed by atoms with Gasteiger partial charge in [0.25, 0.3) is 0 Å². The molecule has 0 aliphatic carbocycles. The van der Waals surface area contributed by atoms with Crippen molar-refractivity contribution in [2.24, 2.45) is 5.92 Å². The van der Waals surface area contributed by atoms with E-state index in [1.807, 2.05) is 48.5 Å². The highest BCUT2D eigenvalue weighted by molar-refractivity contribution is 5.89. The Morgan fingerprint density at radius 1 is 1.15 bits per heavy atom. The van der Waals surface area contributed by atoms with E-state index in [1.54, 1.807) is 0 Å². The molecule has 2 aromatic rings. The summed E-state index contributed by atoms with van der Waals surface area (Å²) in [6, 6.07) is 17.0. The lowest BCUT2D eigenvalue weighted by Crippen LogP contribution is -2.30. The van der Waals surface area contributed by atoms with Gasteiger partial charge in [-0.15, -0.1) is 0 Å². The van der Waals surface area contributed by atoms with E-state index in [2.05, 4.69) is 30.6 Å². The number of anilines is 1. The van der Waals surface area contributed by atoms with Gasteiger partial charge < -0.3 is 15.4 Å². The van der Waals surface area contributed by atoms with Gasteiger partial charge in [-0.2, -0.15) is 5.26 Å². The Morgan fingerprint density at radius 3 is 2.62 bits per heavy atom. The van der Waals surface area contributed by atoms with Crippen molar-refractivity contribution < 1.29 is 9.53 Å². The van der Waals surface area contributed by atoms with Crippen LogP contribution in [0.25, 0.3) is 0 Å². The topological polar surface area (TPSA) is 74.2 Å². The molecule has 0 heterocycles. The van der Waals surface area contributed by atoms with E-state index in [1.165, 1.54) is 0 Å². The third-order valence-corrected chi connectivity index (χ3v) is 3.80. The molecule has 0 saturated carbocycles. The molecule has 5 heteroatoms. The minimum atomic E-state index is -0.197. The fraction of sp³-hybridized carbons (Fsp3) is 0.333. The quantitative estimate of drug-likeness (QED) is 0.735. The van der Waals surface area contributed by atoms with Gasteiger partial charge in [0.1, 0.15) is 12.4 Å².